The maximum atomic E-state index is 13.3. The van der Waals surface area contributed by atoms with E-state index in [4.69, 9.17) is 8.83 Å². The van der Waals surface area contributed by atoms with Gasteiger partial charge in [-0.15, -0.1) is 0 Å². The average Bonchev–Trinajstić information content (AvgIpc) is 3.08. The van der Waals surface area contributed by atoms with Gasteiger partial charge in [-0.3, -0.25) is 9.59 Å². The topological polar surface area (TPSA) is 85.7 Å². The van der Waals surface area contributed by atoms with Crippen LogP contribution < -0.4 is 11.2 Å². The van der Waals surface area contributed by atoms with Crippen LogP contribution in [0.25, 0.3) is 21.9 Å². The van der Waals surface area contributed by atoms with E-state index in [9.17, 15) is 14.4 Å². The number of pyridine rings is 1. The molecule has 0 aliphatic carbocycles. The first-order valence-electron chi connectivity index (χ1n) is 11.7. The van der Waals surface area contributed by atoms with Crippen molar-refractivity contribution in [3.05, 3.63) is 79.3 Å². The van der Waals surface area contributed by atoms with Gasteiger partial charge in [0.1, 0.15) is 16.9 Å². The van der Waals surface area contributed by atoms with Gasteiger partial charge in [-0.1, -0.05) is 6.07 Å². The minimum absolute atomic E-state index is 0.00652. The van der Waals surface area contributed by atoms with Gasteiger partial charge in [0.15, 0.2) is 0 Å². The molecule has 7 heteroatoms. The molecule has 0 N–H and O–H groups in total. The highest BCUT2D eigenvalue weighted by Crippen LogP contribution is 2.35. The lowest BCUT2D eigenvalue weighted by Crippen LogP contribution is -2.49. The number of aromatic nitrogens is 1. The molecule has 1 saturated heterocycles. The van der Waals surface area contributed by atoms with Crippen LogP contribution in [0.3, 0.4) is 0 Å². The number of fused-ring (bicyclic) bond motifs is 6. The van der Waals surface area contributed by atoms with Gasteiger partial charge in [0.2, 0.25) is 5.91 Å². The van der Waals surface area contributed by atoms with Crippen LogP contribution in [-0.4, -0.2) is 28.5 Å². The molecule has 7 nitrogen and oxygen atoms in total. The Labute approximate surface area is 195 Å². The molecule has 0 spiro atoms. The Bertz CT molecular complexity index is 1610. The van der Waals surface area contributed by atoms with E-state index in [1.165, 1.54) is 0 Å². The van der Waals surface area contributed by atoms with Crippen LogP contribution in [0, 0.1) is 26.7 Å². The van der Waals surface area contributed by atoms with Gasteiger partial charge in [0.25, 0.3) is 5.56 Å². The fourth-order valence-electron chi connectivity index (χ4n) is 5.79. The number of amides is 1. The molecule has 0 saturated carbocycles. The minimum Gasteiger partial charge on any atom is -0.461 e. The van der Waals surface area contributed by atoms with E-state index in [0.29, 0.717) is 36.4 Å². The zero-order valence-electron chi connectivity index (χ0n) is 19.5. The fraction of sp³-hybridized carbons (Fsp3) is 0.370. The van der Waals surface area contributed by atoms with Crippen LogP contribution in [0.1, 0.15) is 40.5 Å². The summed E-state index contributed by atoms with van der Waals surface area (Å²) in [5.74, 6) is 1.14. The highest BCUT2D eigenvalue weighted by molar-refractivity contribution is 5.97. The first-order chi connectivity index (χ1) is 16.3. The summed E-state index contributed by atoms with van der Waals surface area (Å²) in [6, 6.07) is 9.12. The summed E-state index contributed by atoms with van der Waals surface area (Å²) in [7, 11) is 0. The molecule has 6 rings (SSSR count). The number of hydrogen-bond donors (Lipinski definition) is 0. The summed E-state index contributed by atoms with van der Waals surface area (Å²) in [5.41, 5.74) is 3.93. The summed E-state index contributed by atoms with van der Waals surface area (Å²) >= 11 is 0. The van der Waals surface area contributed by atoms with E-state index < -0.39 is 5.63 Å². The smallest absolute Gasteiger partial charge is 0.340 e. The standard InChI is InChI=1S/C27H26N2O5/c1-14-16(3)33-23-10-24-20(8-19(14)23)15(2)21(27(32)34-24)9-26(31)28-11-17-7-18(13-28)22-5-4-6-25(30)29(22)12-17/h4-6,8,10,17-18H,7,9,11-13H2,1-3H3/t17-,18+/m1/s1. The van der Waals surface area contributed by atoms with Crippen LogP contribution >= 0.6 is 0 Å². The lowest BCUT2D eigenvalue weighted by Gasteiger charge is -2.42. The minimum atomic E-state index is -0.480. The Morgan fingerprint density at radius 2 is 1.74 bits per heavy atom. The first kappa shape index (κ1) is 21.0. The van der Waals surface area contributed by atoms with Crippen molar-refractivity contribution in [2.24, 2.45) is 5.92 Å². The van der Waals surface area contributed by atoms with E-state index in [-0.39, 0.29) is 29.7 Å². The third-order valence-electron chi connectivity index (χ3n) is 7.74. The van der Waals surface area contributed by atoms with Crippen LogP contribution in [0.2, 0.25) is 0 Å². The van der Waals surface area contributed by atoms with E-state index in [0.717, 1.165) is 39.8 Å². The molecule has 34 heavy (non-hydrogen) atoms. The van der Waals surface area contributed by atoms with Gasteiger partial charge in [0.05, 0.1) is 12.0 Å². The Kier molecular flexibility index (Phi) is 4.59. The summed E-state index contributed by atoms with van der Waals surface area (Å²) in [6.07, 6.45) is 0.983. The third kappa shape index (κ3) is 3.14. The van der Waals surface area contributed by atoms with E-state index in [2.05, 4.69) is 0 Å². The Morgan fingerprint density at radius 1 is 0.971 bits per heavy atom. The highest BCUT2D eigenvalue weighted by Gasteiger charge is 2.36. The van der Waals surface area contributed by atoms with Crippen molar-refractivity contribution in [3.8, 4) is 0 Å². The first-order valence-corrected chi connectivity index (χ1v) is 11.7. The molecule has 4 aromatic rings. The lowest BCUT2D eigenvalue weighted by molar-refractivity contribution is -0.133. The van der Waals surface area contributed by atoms with Crippen molar-refractivity contribution >= 4 is 27.8 Å². The van der Waals surface area contributed by atoms with Crippen LogP contribution in [-0.2, 0) is 17.8 Å². The second-order valence-corrected chi connectivity index (χ2v) is 9.79. The quantitative estimate of drug-likeness (QED) is 0.427. The molecule has 0 radical (unpaired) electrons. The summed E-state index contributed by atoms with van der Waals surface area (Å²) in [4.78, 5) is 40.3. The summed E-state index contributed by atoms with van der Waals surface area (Å²) < 4.78 is 13.3. The van der Waals surface area contributed by atoms with Crippen LogP contribution in [0.5, 0.6) is 0 Å². The van der Waals surface area contributed by atoms with E-state index in [1.54, 1.807) is 18.2 Å². The monoisotopic (exact) mass is 458 g/mol. The number of piperidine rings is 1. The predicted molar refractivity (Wildman–Crippen MR) is 128 cm³/mol. The van der Waals surface area contributed by atoms with Crippen molar-refractivity contribution in [3.63, 3.8) is 0 Å². The maximum absolute atomic E-state index is 13.3. The SMILES string of the molecule is Cc1oc2cc3oc(=O)c(CC(=O)N4C[C@H]5C[C@@H](C4)c4cccc(=O)n4C5)c(C)c3cc2c1C. The molecular formula is C27H26N2O5. The normalized spacial score (nSPS) is 19.6. The van der Waals surface area contributed by atoms with Gasteiger partial charge < -0.3 is 18.3 Å². The number of carbonyl (C=O) groups excluding carboxylic acids is 1. The zero-order valence-corrected chi connectivity index (χ0v) is 19.5. The number of hydrogen-bond acceptors (Lipinski definition) is 5. The third-order valence-corrected chi connectivity index (χ3v) is 7.74. The number of carbonyl (C=O) groups is 1. The molecule has 2 aliphatic rings. The Morgan fingerprint density at radius 3 is 2.56 bits per heavy atom. The van der Waals surface area contributed by atoms with Crippen LogP contribution in [0.4, 0.5) is 0 Å². The molecule has 1 fully saturated rings. The molecule has 1 aromatic carbocycles. The molecule has 5 heterocycles. The second kappa shape index (κ2) is 7.45. The van der Waals surface area contributed by atoms with Crippen molar-refractivity contribution in [2.45, 2.75) is 46.1 Å². The van der Waals surface area contributed by atoms with Crippen LogP contribution in [0.15, 0.2) is 48.8 Å². The molecule has 0 unspecified atom stereocenters. The lowest BCUT2D eigenvalue weighted by atomic mass is 9.83. The van der Waals surface area contributed by atoms with Gasteiger partial charge in [-0.05, 0) is 56.4 Å². The Hall–Kier alpha value is -3.61. The van der Waals surface area contributed by atoms with Gasteiger partial charge >= 0.3 is 5.63 Å². The zero-order chi connectivity index (χ0) is 23.7. The fourth-order valence-corrected chi connectivity index (χ4v) is 5.79. The molecule has 3 aromatic heterocycles. The molecule has 2 bridgehead atoms. The van der Waals surface area contributed by atoms with Gasteiger partial charge in [-0.25, -0.2) is 4.79 Å². The van der Waals surface area contributed by atoms with Gasteiger partial charge in [-0.2, -0.15) is 0 Å². The Balaban J connectivity index is 1.33. The van der Waals surface area contributed by atoms with E-state index in [1.807, 2.05) is 42.4 Å². The number of rotatable bonds is 2. The largest absolute Gasteiger partial charge is 0.461 e. The number of aryl methyl sites for hydroxylation is 3. The van der Waals surface area contributed by atoms with Crippen molar-refractivity contribution in [1.82, 2.24) is 9.47 Å². The highest BCUT2D eigenvalue weighted by atomic mass is 16.4. The van der Waals surface area contributed by atoms with Gasteiger partial charge in [0, 0.05) is 54.2 Å². The number of likely N-dealkylation sites (tertiary alicyclic amines) is 1. The molecule has 174 valence electrons. The molecule has 1 amide bonds. The number of furan rings is 1. The summed E-state index contributed by atoms with van der Waals surface area (Å²) in [5, 5.41) is 1.81. The number of benzene rings is 1. The van der Waals surface area contributed by atoms with Crippen molar-refractivity contribution in [2.75, 3.05) is 13.1 Å². The molecule has 2 atom stereocenters. The number of nitrogens with zero attached hydrogens (tertiary/aromatic N) is 2. The van der Waals surface area contributed by atoms with E-state index >= 15 is 0 Å². The van der Waals surface area contributed by atoms with Crippen molar-refractivity contribution < 1.29 is 13.6 Å². The summed E-state index contributed by atoms with van der Waals surface area (Å²) in [6.45, 7) is 7.59. The van der Waals surface area contributed by atoms with Crippen molar-refractivity contribution in [1.29, 1.82) is 0 Å². The average molecular weight is 459 g/mol. The second-order valence-electron chi connectivity index (χ2n) is 9.79. The molecular weight excluding hydrogens is 432 g/mol. The maximum Gasteiger partial charge on any atom is 0.340 e. The molecule has 2 aliphatic heterocycles. The predicted octanol–water partition coefficient (Wildman–Crippen LogP) is 3.81.